The second kappa shape index (κ2) is 7.08. The van der Waals surface area contributed by atoms with Crippen LogP contribution in [0.1, 0.15) is 23.2 Å². The molecule has 1 amide bonds. The van der Waals surface area contributed by atoms with Gasteiger partial charge in [-0.25, -0.2) is 0 Å². The topological polar surface area (TPSA) is 55.1 Å². The molecule has 0 aliphatic rings. The van der Waals surface area contributed by atoms with Crippen molar-refractivity contribution in [1.29, 1.82) is 0 Å². The first-order chi connectivity index (χ1) is 7.99. The van der Waals surface area contributed by atoms with Gasteiger partial charge in [-0.1, -0.05) is 44.1 Å². The van der Waals surface area contributed by atoms with E-state index in [1.165, 1.54) is 0 Å². The molecule has 0 unspecified atom stereocenters. The molecule has 0 spiro atoms. The average Bonchev–Trinajstić information content (AvgIpc) is 2.22. The molecular formula is C11H12Br2N2OS. The molecule has 0 radical (unpaired) electrons. The van der Waals surface area contributed by atoms with Gasteiger partial charge in [0.2, 0.25) is 0 Å². The van der Waals surface area contributed by atoms with Crippen LogP contribution in [-0.4, -0.2) is 17.4 Å². The number of nitrogens with one attached hydrogen (secondary N) is 1. The number of hydrogen-bond acceptors (Lipinski definition) is 2. The fourth-order valence-electron chi connectivity index (χ4n) is 1.25. The minimum atomic E-state index is -0.102. The van der Waals surface area contributed by atoms with E-state index in [-0.39, 0.29) is 5.91 Å². The molecule has 0 aliphatic carbocycles. The van der Waals surface area contributed by atoms with Gasteiger partial charge >= 0.3 is 0 Å². The van der Waals surface area contributed by atoms with Crippen LogP contribution < -0.4 is 11.1 Å². The molecule has 0 atom stereocenters. The number of rotatable bonds is 5. The van der Waals surface area contributed by atoms with E-state index in [1.54, 1.807) is 12.1 Å². The molecule has 0 saturated heterocycles. The van der Waals surface area contributed by atoms with E-state index in [2.05, 4.69) is 37.2 Å². The number of hydrogen-bond donors (Lipinski definition) is 2. The zero-order valence-electron chi connectivity index (χ0n) is 9.00. The Bertz CT molecular complexity index is 417. The highest BCUT2D eigenvalue weighted by Crippen LogP contribution is 2.19. The van der Waals surface area contributed by atoms with Crippen LogP contribution in [0.3, 0.4) is 0 Å². The Morgan fingerprint density at radius 3 is 2.41 bits per heavy atom. The van der Waals surface area contributed by atoms with E-state index in [9.17, 15) is 4.79 Å². The van der Waals surface area contributed by atoms with Gasteiger partial charge in [0.05, 0.1) is 4.99 Å². The van der Waals surface area contributed by atoms with Gasteiger partial charge in [0, 0.05) is 21.1 Å². The molecule has 0 saturated carbocycles. The Labute approximate surface area is 122 Å². The quantitative estimate of drug-likeness (QED) is 0.610. The average molecular weight is 380 g/mol. The first kappa shape index (κ1) is 14.6. The Hall–Kier alpha value is -0.460. The van der Waals surface area contributed by atoms with E-state index < -0.39 is 0 Å². The minimum absolute atomic E-state index is 0.102. The lowest BCUT2D eigenvalue weighted by atomic mass is 10.2. The minimum Gasteiger partial charge on any atom is -0.393 e. The summed E-state index contributed by atoms with van der Waals surface area (Å²) >= 11 is 11.4. The summed E-state index contributed by atoms with van der Waals surface area (Å²) in [5, 5.41) is 2.81. The van der Waals surface area contributed by atoms with Crippen molar-refractivity contribution in [2.75, 3.05) is 6.54 Å². The van der Waals surface area contributed by atoms with E-state index >= 15 is 0 Å². The fourth-order valence-corrected chi connectivity index (χ4v) is 2.69. The number of benzene rings is 1. The first-order valence-corrected chi connectivity index (χ1v) is 7.01. The molecule has 3 nitrogen and oxygen atoms in total. The third kappa shape index (κ3) is 5.61. The zero-order valence-corrected chi connectivity index (χ0v) is 13.0. The summed E-state index contributed by atoms with van der Waals surface area (Å²) in [6.45, 7) is 0.570. The monoisotopic (exact) mass is 378 g/mol. The van der Waals surface area contributed by atoms with Gasteiger partial charge in [-0.05, 0) is 31.0 Å². The Morgan fingerprint density at radius 2 is 1.88 bits per heavy atom. The van der Waals surface area contributed by atoms with Gasteiger partial charge in [0.25, 0.3) is 5.91 Å². The number of halogens is 2. The molecule has 0 bridgehead atoms. The first-order valence-electron chi connectivity index (χ1n) is 5.01. The van der Waals surface area contributed by atoms with Gasteiger partial charge in [-0.15, -0.1) is 0 Å². The van der Waals surface area contributed by atoms with Crippen molar-refractivity contribution in [1.82, 2.24) is 5.32 Å². The predicted octanol–water partition coefficient (Wildman–Crippen LogP) is 3.01. The molecule has 0 aromatic heterocycles. The second-order valence-electron chi connectivity index (χ2n) is 3.48. The smallest absolute Gasteiger partial charge is 0.251 e. The van der Waals surface area contributed by atoms with Crippen LogP contribution in [0.5, 0.6) is 0 Å². The van der Waals surface area contributed by atoms with Crippen molar-refractivity contribution < 1.29 is 4.79 Å². The van der Waals surface area contributed by atoms with Crippen LogP contribution in [0.15, 0.2) is 27.1 Å². The third-order valence-electron chi connectivity index (χ3n) is 2.01. The van der Waals surface area contributed by atoms with Gasteiger partial charge in [0.1, 0.15) is 0 Å². The molecule has 1 aromatic rings. The van der Waals surface area contributed by atoms with Gasteiger partial charge in [-0.2, -0.15) is 0 Å². The number of carbonyl (C=O) groups excluding carboxylic acids is 1. The maximum atomic E-state index is 11.8. The highest BCUT2D eigenvalue weighted by atomic mass is 79.9. The summed E-state index contributed by atoms with van der Waals surface area (Å²) in [5.41, 5.74) is 5.98. The molecule has 0 aliphatic heterocycles. The standard InChI is InChI=1S/C11H12Br2N2OS/c12-8-4-7(5-9(13)6-8)11(16)15-3-1-2-10(14)17/h4-6H,1-3H2,(H2,14,17)(H,15,16). The highest BCUT2D eigenvalue weighted by molar-refractivity contribution is 9.11. The van der Waals surface area contributed by atoms with Gasteiger partial charge in [0.15, 0.2) is 0 Å². The largest absolute Gasteiger partial charge is 0.393 e. The molecule has 92 valence electrons. The normalized spacial score (nSPS) is 10.0. The molecule has 0 fully saturated rings. The molecular weight excluding hydrogens is 368 g/mol. The number of thiocarbonyl (C=S) groups is 1. The maximum Gasteiger partial charge on any atom is 0.251 e. The van der Waals surface area contributed by atoms with Crippen LogP contribution in [0.25, 0.3) is 0 Å². The number of nitrogens with two attached hydrogens (primary N) is 1. The lowest BCUT2D eigenvalue weighted by molar-refractivity contribution is 0.0953. The van der Waals surface area contributed by atoms with Crippen molar-refractivity contribution in [3.8, 4) is 0 Å². The summed E-state index contributed by atoms with van der Waals surface area (Å²) in [6.07, 6.45) is 1.41. The summed E-state index contributed by atoms with van der Waals surface area (Å²) < 4.78 is 1.72. The van der Waals surface area contributed by atoms with Gasteiger partial charge < -0.3 is 11.1 Å². The van der Waals surface area contributed by atoms with Crippen LogP contribution in [-0.2, 0) is 0 Å². The summed E-state index contributed by atoms with van der Waals surface area (Å²) in [4.78, 5) is 12.3. The molecule has 1 rings (SSSR count). The summed E-state index contributed by atoms with van der Waals surface area (Å²) in [6, 6.07) is 5.42. The van der Waals surface area contributed by atoms with Crippen molar-refractivity contribution >= 4 is 55.0 Å². The molecule has 0 heterocycles. The van der Waals surface area contributed by atoms with Crippen molar-refractivity contribution in [2.45, 2.75) is 12.8 Å². The summed E-state index contributed by atoms with van der Waals surface area (Å²) in [5.74, 6) is -0.102. The van der Waals surface area contributed by atoms with Crippen molar-refractivity contribution in [3.63, 3.8) is 0 Å². The van der Waals surface area contributed by atoms with Crippen LogP contribution in [0.4, 0.5) is 0 Å². The van der Waals surface area contributed by atoms with Crippen LogP contribution in [0.2, 0.25) is 0 Å². The van der Waals surface area contributed by atoms with E-state index in [1.807, 2.05) is 6.07 Å². The van der Waals surface area contributed by atoms with E-state index in [0.29, 0.717) is 23.5 Å². The van der Waals surface area contributed by atoms with E-state index in [0.717, 1.165) is 15.4 Å². The SMILES string of the molecule is NC(=S)CCCNC(=O)c1cc(Br)cc(Br)c1. The molecule has 1 aromatic carbocycles. The Morgan fingerprint density at radius 1 is 1.29 bits per heavy atom. The van der Waals surface area contributed by atoms with Crippen LogP contribution in [0, 0.1) is 0 Å². The fraction of sp³-hybridized carbons (Fsp3) is 0.273. The van der Waals surface area contributed by atoms with E-state index in [4.69, 9.17) is 18.0 Å². The lowest BCUT2D eigenvalue weighted by Gasteiger charge is -2.06. The Kier molecular flexibility index (Phi) is 6.08. The Balaban J connectivity index is 2.49. The highest BCUT2D eigenvalue weighted by Gasteiger charge is 2.06. The second-order valence-corrected chi connectivity index (χ2v) is 5.84. The molecule has 17 heavy (non-hydrogen) atoms. The summed E-state index contributed by atoms with van der Waals surface area (Å²) in [7, 11) is 0. The van der Waals surface area contributed by atoms with Gasteiger partial charge in [-0.3, -0.25) is 4.79 Å². The maximum absolute atomic E-state index is 11.8. The molecule has 6 heteroatoms. The third-order valence-corrected chi connectivity index (χ3v) is 3.13. The van der Waals surface area contributed by atoms with Crippen molar-refractivity contribution in [3.05, 3.63) is 32.7 Å². The number of carbonyl (C=O) groups is 1. The van der Waals surface area contributed by atoms with Crippen molar-refractivity contribution in [2.24, 2.45) is 5.73 Å². The lowest BCUT2D eigenvalue weighted by Crippen LogP contribution is -2.25. The number of amides is 1. The predicted molar refractivity (Wildman–Crippen MR) is 80.2 cm³/mol. The zero-order chi connectivity index (χ0) is 12.8. The van der Waals surface area contributed by atoms with Crippen LogP contribution >= 0.6 is 44.1 Å². The molecule has 3 N–H and O–H groups in total.